The molecule has 1 aromatic heterocycles. The van der Waals surface area contributed by atoms with E-state index in [4.69, 9.17) is 10.3 Å². The first-order valence-corrected chi connectivity index (χ1v) is 5.75. The van der Waals surface area contributed by atoms with Gasteiger partial charge in [-0.15, -0.1) is 0 Å². The van der Waals surface area contributed by atoms with Gasteiger partial charge in [-0.05, 0) is 38.2 Å². The highest BCUT2D eigenvalue weighted by molar-refractivity contribution is 5.67. The molecule has 0 radical (unpaired) electrons. The number of phenolic OH excluding ortho intramolecular Hbond substituents is 1. The van der Waals surface area contributed by atoms with Crippen molar-refractivity contribution in [1.82, 2.24) is 10.1 Å². The zero-order valence-electron chi connectivity index (χ0n) is 10.6. The highest BCUT2D eigenvalue weighted by atomic mass is 16.5. The molecular weight excluding hydrogens is 230 g/mol. The third-order valence-corrected chi connectivity index (χ3v) is 2.70. The van der Waals surface area contributed by atoms with Gasteiger partial charge in [-0.3, -0.25) is 0 Å². The Kier molecular flexibility index (Phi) is 3.53. The summed E-state index contributed by atoms with van der Waals surface area (Å²) < 4.78 is 5.07. The van der Waals surface area contributed by atoms with Crippen molar-refractivity contribution in [3.8, 4) is 17.1 Å². The van der Waals surface area contributed by atoms with Crippen LogP contribution in [0.25, 0.3) is 11.3 Å². The SMILES string of the molecule is CN(C)CCc1ccc(O)c(-c2cc(N)no2)c1. The van der Waals surface area contributed by atoms with Crippen molar-refractivity contribution in [2.45, 2.75) is 6.42 Å². The van der Waals surface area contributed by atoms with Gasteiger partial charge in [0, 0.05) is 12.6 Å². The third kappa shape index (κ3) is 2.81. The molecule has 1 heterocycles. The van der Waals surface area contributed by atoms with E-state index in [9.17, 15) is 5.11 Å². The average Bonchev–Trinajstić information content (AvgIpc) is 2.74. The molecule has 5 nitrogen and oxygen atoms in total. The molecule has 3 N–H and O–H groups in total. The van der Waals surface area contributed by atoms with E-state index in [1.807, 2.05) is 26.2 Å². The molecule has 0 saturated heterocycles. The lowest BCUT2D eigenvalue weighted by molar-refractivity contribution is 0.413. The maximum absolute atomic E-state index is 9.84. The van der Waals surface area contributed by atoms with E-state index in [-0.39, 0.29) is 5.75 Å². The lowest BCUT2D eigenvalue weighted by Crippen LogP contribution is -2.14. The number of nitrogens with two attached hydrogens (primary N) is 1. The van der Waals surface area contributed by atoms with Crippen LogP contribution in [-0.2, 0) is 6.42 Å². The Bertz CT molecular complexity index is 535. The smallest absolute Gasteiger partial charge is 0.172 e. The van der Waals surface area contributed by atoms with E-state index in [2.05, 4.69) is 10.1 Å². The normalized spacial score (nSPS) is 11.1. The van der Waals surface area contributed by atoms with Crippen LogP contribution in [0.15, 0.2) is 28.8 Å². The molecule has 0 bridgehead atoms. The lowest BCUT2D eigenvalue weighted by Gasteiger charge is -2.10. The number of nitrogen functional groups attached to an aromatic ring is 1. The van der Waals surface area contributed by atoms with Crippen molar-refractivity contribution in [2.24, 2.45) is 0 Å². The Balaban J connectivity index is 2.27. The maximum Gasteiger partial charge on any atom is 0.172 e. The van der Waals surface area contributed by atoms with Gasteiger partial charge in [-0.1, -0.05) is 11.2 Å². The summed E-state index contributed by atoms with van der Waals surface area (Å²) >= 11 is 0. The van der Waals surface area contributed by atoms with Gasteiger partial charge in [-0.2, -0.15) is 0 Å². The molecule has 0 spiro atoms. The fourth-order valence-electron chi connectivity index (χ4n) is 1.70. The minimum absolute atomic E-state index is 0.166. The van der Waals surface area contributed by atoms with Crippen molar-refractivity contribution < 1.29 is 9.63 Å². The first-order chi connectivity index (χ1) is 8.56. The minimum atomic E-state index is 0.166. The van der Waals surface area contributed by atoms with E-state index in [0.29, 0.717) is 17.1 Å². The zero-order valence-corrected chi connectivity index (χ0v) is 10.6. The second kappa shape index (κ2) is 5.10. The minimum Gasteiger partial charge on any atom is -0.507 e. The summed E-state index contributed by atoms with van der Waals surface area (Å²) in [5.74, 6) is 0.958. The predicted octanol–water partition coefficient (Wildman–Crippen LogP) is 1.73. The summed E-state index contributed by atoms with van der Waals surface area (Å²) in [6.07, 6.45) is 0.907. The maximum atomic E-state index is 9.84. The number of hydrogen-bond donors (Lipinski definition) is 2. The van der Waals surface area contributed by atoms with Gasteiger partial charge in [0.25, 0.3) is 0 Å². The van der Waals surface area contributed by atoms with E-state index in [0.717, 1.165) is 18.5 Å². The molecule has 0 saturated carbocycles. The number of aromatic nitrogens is 1. The van der Waals surface area contributed by atoms with E-state index < -0.39 is 0 Å². The number of anilines is 1. The monoisotopic (exact) mass is 247 g/mol. The lowest BCUT2D eigenvalue weighted by atomic mass is 10.1. The molecule has 18 heavy (non-hydrogen) atoms. The number of likely N-dealkylation sites (N-methyl/N-ethyl adjacent to an activating group) is 1. The van der Waals surface area contributed by atoms with Crippen LogP contribution in [0, 0.1) is 0 Å². The molecule has 1 aromatic carbocycles. The van der Waals surface area contributed by atoms with Gasteiger partial charge in [0.2, 0.25) is 0 Å². The first-order valence-electron chi connectivity index (χ1n) is 5.75. The van der Waals surface area contributed by atoms with Crippen molar-refractivity contribution in [2.75, 3.05) is 26.4 Å². The second-order valence-corrected chi connectivity index (χ2v) is 4.52. The molecule has 2 aromatic rings. The van der Waals surface area contributed by atoms with Crippen LogP contribution in [0.5, 0.6) is 5.75 Å². The van der Waals surface area contributed by atoms with Crippen molar-refractivity contribution in [1.29, 1.82) is 0 Å². The number of phenols is 1. The second-order valence-electron chi connectivity index (χ2n) is 4.52. The summed E-state index contributed by atoms with van der Waals surface area (Å²) in [6.45, 7) is 0.947. The highest BCUT2D eigenvalue weighted by Crippen LogP contribution is 2.31. The molecular formula is C13H17N3O2. The van der Waals surface area contributed by atoms with Crippen molar-refractivity contribution >= 4 is 5.82 Å². The van der Waals surface area contributed by atoms with Crippen LogP contribution < -0.4 is 5.73 Å². The number of hydrogen-bond acceptors (Lipinski definition) is 5. The van der Waals surface area contributed by atoms with Gasteiger partial charge in [0.15, 0.2) is 11.6 Å². The van der Waals surface area contributed by atoms with Crippen LogP contribution in [0.3, 0.4) is 0 Å². The summed E-state index contributed by atoms with van der Waals surface area (Å²) in [7, 11) is 4.05. The first kappa shape index (κ1) is 12.4. The van der Waals surface area contributed by atoms with E-state index in [1.54, 1.807) is 12.1 Å². The summed E-state index contributed by atoms with van der Waals surface area (Å²) in [6, 6.07) is 7.07. The number of benzene rings is 1. The van der Waals surface area contributed by atoms with E-state index >= 15 is 0 Å². The molecule has 0 atom stereocenters. The van der Waals surface area contributed by atoms with E-state index in [1.165, 1.54) is 0 Å². The summed E-state index contributed by atoms with van der Waals surface area (Å²) in [5.41, 5.74) is 7.26. The Morgan fingerprint density at radius 2 is 2.11 bits per heavy atom. The van der Waals surface area contributed by atoms with Gasteiger partial charge in [-0.25, -0.2) is 0 Å². The summed E-state index contributed by atoms with van der Waals surface area (Å²) in [4.78, 5) is 2.11. The highest BCUT2D eigenvalue weighted by Gasteiger charge is 2.10. The largest absolute Gasteiger partial charge is 0.507 e. The summed E-state index contributed by atoms with van der Waals surface area (Å²) in [5, 5.41) is 13.5. The standard InChI is InChI=1S/C13H17N3O2/c1-16(2)6-5-9-3-4-11(17)10(7-9)12-8-13(14)15-18-12/h3-4,7-8,17H,5-6H2,1-2H3,(H2,14,15). The number of nitrogens with zero attached hydrogens (tertiary/aromatic N) is 2. The quantitative estimate of drug-likeness (QED) is 0.860. The Morgan fingerprint density at radius 1 is 1.33 bits per heavy atom. The fraction of sp³-hybridized carbons (Fsp3) is 0.308. The van der Waals surface area contributed by atoms with Crippen LogP contribution in [-0.4, -0.2) is 35.8 Å². The van der Waals surface area contributed by atoms with Crippen LogP contribution in [0.1, 0.15) is 5.56 Å². The molecule has 0 aliphatic rings. The van der Waals surface area contributed by atoms with Gasteiger partial charge in [0.1, 0.15) is 5.75 Å². The van der Waals surface area contributed by atoms with Gasteiger partial charge < -0.3 is 20.3 Å². The third-order valence-electron chi connectivity index (χ3n) is 2.70. The zero-order chi connectivity index (χ0) is 13.1. The number of aromatic hydroxyl groups is 1. The molecule has 2 rings (SSSR count). The Morgan fingerprint density at radius 3 is 2.72 bits per heavy atom. The Labute approximate surface area is 106 Å². The molecule has 96 valence electrons. The van der Waals surface area contributed by atoms with Crippen molar-refractivity contribution in [3.63, 3.8) is 0 Å². The van der Waals surface area contributed by atoms with Crippen molar-refractivity contribution in [3.05, 3.63) is 29.8 Å². The topological polar surface area (TPSA) is 75.5 Å². The fourth-order valence-corrected chi connectivity index (χ4v) is 1.70. The molecule has 0 aliphatic heterocycles. The predicted molar refractivity (Wildman–Crippen MR) is 70.3 cm³/mol. The molecule has 0 aliphatic carbocycles. The van der Waals surface area contributed by atoms with Crippen LogP contribution in [0.4, 0.5) is 5.82 Å². The van der Waals surface area contributed by atoms with Gasteiger partial charge in [0.05, 0.1) is 5.56 Å². The Hall–Kier alpha value is -2.01. The average molecular weight is 247 g/mol. The molecule has 0 unspecified atom stereocenters. The van der Waals surface area contributed by atoms with Crippen LogP contribution in [0.2, 0.25) is 0 Å². The van der Waals surface area contributed by atoms with Crippen LogP contribution >= 0.6 is 0 Å². The molecule has 0 fully saturated rings. The van der Waals surface area contributed by atoms with Gasteiger partial charge >= 0.3 is 0 Å². The number of rotatable bonds is 4. The molecule has 0 amide bonds. The molecule has 5 heteroatoms.